The molecular formula is C25H32Cl2N2O3. The molecule has 0 fully saturated rings. The summed E-state index contributed by atoms with van der Waals surface area (Å²) in [7, 11) is 0. The Morgan fingerprint density at radius 2 is 1.75 bits per heavy atom. The Morgan fingerprint density at radius 1 is 1.03 bits per heavy atom. The van der Waals surface area contributed by atoms with E-state index in [1.807, 2.05) is 25.1 Å². The highest BCUT2D eigenvalue weighted by atomic mass is 35.5. The lowest BCUT2D eigenvalue weighted by Gasteiger charge is -2.31. The highest BCUT2D eigenvalue weighted by Gasteiger charge is 2.28. The molecule has 2 rings (SSSR count). The maximum atomic E-state index is 13.2. The van der Waals surface area contributed by atoms with Gasteiger partial charge >= 0.3 is 0 Å². The Hall–Kier alpha value is -2.24. The van der Waals surface area contributed by atoms with Gasteiger partial charge in [-0.05, 0) is 55.2 Å². The van der Waals surface area contributed by atoms with Gasteiger partial charge in [0.05, 0.1) is 6.61 Å². The van der Waals surface area contributed by atoms with E-state index in [-0.39, 0.29) is 24.8 Å². The summed E-state index contributed by atoms with van der Waals surface area (Å²) < 4.78 is 5.70. The highest BCUT2D eigenvalue weighted by Crippen LogP contribution is 2.21. The predicted molar refractivity (Wildman–Crippen MR) is 130 cm³/mol. The second-order valence-corrected chi connectivity index (χ2v) is 8.43. The van der Waals surface area contributed by atoms with Crippen molar-refractivity contribution in [2.75, 3.05) is 13.2 Å². The normalized spacial score (nSPS) is 11.6. The third kappa shape index (κ3) is 8.36. The minimum Gasteiger partial charge on any atom is -0.494 e. The molecule has 0 aliphatic rings. The van der Waals surface area contributed by atoms with Crippen molar-refractivity contribution in [3.8, 4) is 5.75 Å². The lowest BCUT2D eigenvalue weighted by molar-refractivity contribution is -0.141. The summed E-state index contributed by atoms with van der Waals surface area (Å²) in [6.07, 6.45) is 3.23. The lowest BCUT2D eigenvalue weighted by Crippen LogP contribution is -2.49. The number of carbonyl (C=O) groups is 2. The predicted octanol–water partition coefficient (Wildman–Crippen LogP) is 5.88. The standard InChI is InChI=1S/C25H32Cl2N2O3/c1-3-5-16-28-25(31)23(4-2)29(18-19-9-6-7-10-22(19)27)24(30)11-8-17-32-21-14-12-20(26)13-15-21/h6-7,9-10,12-15,23H,3-5,8,11,16-18H2,1-2H3,(H,28,31)/t23-/m1/s1. The van der Waals surface area contributed by atoms with E-state index in [2.05, 4.69) is 12.2 Å². The van der Waals surface area contributed by atoms with E-state index in [9.17, 15) is 9.59 Å². The number of amides is 2. The molecule has 0 unspecified atom stereocenters. The van der Waals surface area contributed by atoms with Gasteiger partial charge < -0.3 is 15.0 Å². The molecule has 0 radical (unpaired) electrons. The zero-order chi connectivity index (χ0) is 23.3. The first-order valence-corrected chi connectivity index (χ1v) is 11.9. The van der Waals surface area contributed by atoms with Gasteiger partial charge in [-0.25, -0.2) is 0 Å². The third-order valence-electron chi connectivity index (χ3n) is 5.13. The molecular weight excluding hydrogens is 447 g/mol. The van der Waals surface area contributed by atoms with E-state index >= 15 is 0 Å². The molecule has 0 saturated heterocycles. The Labute approximate surface area is 201 Å². The summed E-state index contributed by atoms with van der Waals surface area (Å²) in [5.74, 6) is 0.484. The molecule has 2 amide bonds. The van der Waals surface area contributed by atoms with E-state index in [1.165, 1.54) is 0 Å². The summed E-state index contributed by atoms with van der Waals surface area (Å²) in [5.41, 5.74) is 0.819. The zero-order valence-electron chi connectivity index (χ0n) is 18.8. The Bertz CT molecular complexity index is 859. The van der Waals surface area contributed by atoms with Gasteiger partial charge in [-0.2, -0.15) is 0 Å². The number of benzene rings is 2. The second kappa shape index (κ2) is 14.0. The quantitative estimate of drug-likeness (QED) is 0.365. The lowest BCUT2D eigenvalue weighted by atomic mass is 10.1. The van der Waals surface area contributed by atoms with Crippen LogP contribution < -0.4 is 10.1 Å². The molecule has 7 heteroatoms. The monoisotopic (exact) mass is 478 g/mol. The molecule has 0 aromatic heterocycles. The van der Waals surface area contributed by atoms with Gasteiger partial charge in [-0.3, -0.25) is 9.59 Å². The van der Waals surface area contributed by atoms with Crippen LogP contribution in [0, 0.1) is 0 Å². The van der Waals surface area contributed by atoms with Gasteiger partial charge in [0.25, 0.3) is 0 Å². The maximum absolute atomic E-state index is 13.2. The average Bonchev–Trinajstić information content (AvgIpc) is 2.79. The van der Waals surface area contributed by atoms with Crippen LogP contribution in [0.5, 0.6) is 5.75 Å². The fraction of sp³-hybridized carbons (Fsp3) is 0.440. The van der Waals surface area contributed by atoms with Crippen LogP contribution in [0.15, 0.2) is 48.5 Å². The van der Waals surface area contributed by atoms with Crippen LogP contribution in [0.3, 0.4) is 0 Å². The summed E-state index contributed by atoms with van der Waals surface area (Å²) in [6.45, 7) is 5.28. The molecule has 5 nitrogen and oxygen atoms in total. The number of hydrogen-bond acceptors (Lipinski definition) is 3. The summed E-state index contributed by atoms with van der Waals surface area (Å²) in [6, 6.07) is 14.0. The van der Waals surface area contributed by atoms with E-state index < -0.39 is 6.04 Å². The topological polar surface area (TPSA) is 58.6 Å². The minimum atomic E-state index is -0.548. The van der Waals surface area contributed by atoms with Crippen molar-refractivity contribution in [1.29, 1.82) is 0 Å². The van der Waals surface area contributed by atoms with E-state index in [0.717, 1.165) is 18.4 Å². The van der Waals surface area contributed by atoms with Gasteiger partial charge in [0.1, 0.15) is 11.8 Å². The SMILES string of the molecule is CCCCNC(=O)[C@@H](CC)N(Cc1ccccc1Cl)C(=O)CCCOc1ccc(Cl)cc1. The van der Waals surface area contributed by atoms with Gasteiger partial charge in [-0.1, -0.05) is 61.7 Å². The molecule has 1 atom stereocenters. The molecule has 174 valence electrons. The first-order valence-electron chi connectivity index (χ1n) is 11.1. The van der Waals surface area contributed by atoms with Crippen molar-refractivity contribution in [2.45, 2.75) is 58.5 Å². The molecule has 0 saturated carbocycles. The molecule has 0 heterocycles. The van der Waals surface area contributed by atoms with Crippen LogP contribution in [-0.2, 0) is 16.1 Å². The highest BCUT2D eigenvalue weighted by molar-refractivity contribution is 6.31. The Morgan fingerprint density at radius 3 is 2.41 bits per heavy atom. The molecule has 2 aromatic carbocycles. The molecule has 1 N–H and O–H groups in total. The Kier molecular flexibility index (Phi) is 11.4. The van der Waals surface area contributed by atoms with Crippen molar-refractivity contribution in [1.82, 2.24) is 10.2 Å². The van der Waals surface area contributed by atoms with E-state index in [0.29, 0.717) is 41.8 Å². The Balaban J connectivity index is 2.04. The third-order valence-corrected chi connectivity index (χ3v) is 5.75. The van der Waals surface area contributed by atoms with Crippen LogP contribution in [0.4, 0.5) is 0 Å². The van der Waals surface area contributed by atoms with Gasteiger partial charge in [-0.15, -0.1) is 0 Å². The maximum Gasteiger partial charge on any atom is 0.242 e. The van der Waals surface area contributed by atoms with E-state index in [4.69, 9.17) is 27.9 Å². The number of hydrogen-bond donors (Lipinski definition) is 1. The average molecular weight is 479 g/mol. The number of carbonyl (C=O) groups excluding carboxylic acids is 2. The van der Waals surface area contributed by atoms with Gasteiger partial charge in [0.15, 0.2) is 0 Å². The number of halogens is 2. The first kappa shape index (κ1) is 26.0. The van der Waals surface area contributed by atoms with Gasteiger partial charge in [0, 0.05) is 29.6 Å². The minimum absolute atomic E-state index is 0.0953. The zero-order valence-corrected chi connectivity index (χ0v) is 20.3. The van der Waals surface area contributed by atoms with Crippen molar-refractivity contribution in [3.05, 3.63) is 64.1 Å². The van der Waals surface area contributed by atoms with Crippen molar-refractivity contribution < 1.29 is 14.3 Å². The van der Waals surface area contributed by atoms with E-state index in [1.54, 1.807) is 35.2 Å². The summed E-state index contributed by atoms with van der Waals surface area (Å²) in [4.78, 5) is 27.7. The molecule has 0 spiro atoms. The largest absolute Gasteiger partial charge is 0.494 e. The number of rotatable bonds is 13. The van der Waals surface area contributed by atoms with Crippen molar-refractivity contribution >= 4 is 35.0 Å². The van der Waals surface area contributed by atoms with Gasteiger partial charge in [0.2, 0.25) is 11.8 Å². The van der Waals surface area contributed by atoms with Crippen LogP contribution in [-0.4, -0.2) is 35.9 Å². The fourth-order valence-electron chi connectivity index (χ4n) is 3.32. The number of nitrogens with zero attached hydrogens (tertiary/aromatic N) is 1. The van der Waals surface area contributed by atoms with Crippen molar-refractivity contribution in [2.24, 2.45) is 0 Å². The van der Waals surface area contributed by atoms with Crippen LogP contribution >= 0.6 is 23.2 Å². The number of nitrogens with one attached hydrogen (secondary N) is 1. The first-order chi connectivity index (χ1) is 15.5. The number of unbranched alkanes of at least 4 members (excludes halogenated alkanes) is 1. The summed E-state index contributed by atoms with van der Waals surface area (Å²) >= 11 is 12.2. The van der Waals surface area contributed by atoms with Crippen LogP contribution in [0.25, 0.3) is 0 Å². The van der Waals surface area contributed by atoms with Crippen LogP contribution in [0.2, 0.25) is 10.0 Å². The molecule has 0 aliphatic heterocycles. The second-order valence-electron chi connectivity index (χ2n) is 7.59. The van der Waals surface area contributed by atoms with Crippen LogP contribution in [0.1, 0.15) is 51.5 Å². The summed E-state index contributed by atoms with van der Waals surface area (Å²) in [5, 5.41) is 4.19. The number of ether oxygens (including phenoxy) is 1. The molecule has 32 heavy (non-hydrogen) atoms. The molecule has 0 aliphatic carbocycles. The fourth-order valence-corrected chi connectivity index (χ4v) is 3.65. The smallest absolute Gasteiger partial charge is 0.242 e. The van der Waals surface area contributed by atoms with Crippen molar-refractivity contribution in [3.63, 3.8) is 0 Å². The molecule has 2 aromatic rings. The molecule has 0 bridgehead atoms.